The number of amides is 1. The quantitative estimate of drug-likeness (QED) is 0.910. The second-order valence-electron chi connectivity index (χ2n) is 6.53. The Morgan fingerprint density at radius 1 is 1.08 bits per heavy atom. The molecule has 130 valence electrons. The van der Waals surface area contributed by atoms with Crippen molar-refractivity contribution in [2.45, 2.75) is 38.6 Å². The summed E-state index contributed by atoms with van der Waals surface area (Å²) in [5, 5.41) is 9.50. The number of aryl methyl sites for hydroxylation is 2. The second-order valence-corrected chi connectivity index (χ2v) is 6.53. The molecule has 1 N–H and O–H groups in total. The predicted octanol–water partition coefficient (Wildman–Crippen LogP) is 3.39. The highest BCUT2D eigenvalue weighted by Crippen LogP contribution is 2.29. The summed E-state index contributed by atoms with van der Waals surface area (Å²) in [6.45, 7) is 2.86. The molecular formula is C21H23NO3. The molecule has 0 aromatic heterocycles. The van der Waals surface area contributed by atoms with E-state index in [1.807, 2.05) is 24.3 Å². The molecule has 0 fully saturated rings. The molecule has 0 spiro atoms. The number of carbonyl (C=O) groups is 2. The molecule has 2 aromatic carbocycles. The molecule has 1 aliphatic heterocycles. The van der Waals surface area contributed by atoms with Crippen molar-refractivity contribution >= 4 is 11.9 Å². The molecule has 0 aliphatic carbocycles. The Labute approximate surface area is 148 Å². The number of fused-ring (bicyclic) bond motifs is 1. The largest absolute Gasteiger partial charge is 0.481 e. The van der Waals surface area contributed by atoms with Crippen LogP contribution < -0.4 is 0 Å². The van der Waals surface area contributed by atoms with Crippen molar-refractivity contribution in [3.05, 3.63) is 70.8 Å². The number of carbonyl (C=O) groups excluding carboxylic acids is 1. The summed E-state index contributed by atoms with van der Waals surface area (Å²) < 4.78 is 0. The normalized spacial score (nSPS) is 16.4. The van der Waals surface area contributed by atoms with Gasteiger partial charge in [-0.25, -0.2) is 0 Å². The third kappa shape index (κ3) is 3.90. The van der Waals surface area contributed by atoms with Gasteiger partial charge in [-0.3, -0.25) is 9.59 Å². The van der Waals surface area contributed by atoms with E-state index >= 15 is 0 Å². The zero-order chi connectivity index (χ0) is 17.8. The van der Waals surface area contributed by atoms with Crippen molar-refractivity contribution in [3.8, 4) is 0 Å². The van der Waals surface area contributed by atoms with E-state index in [-0.39, 0.29) is 12.5 Å². The minimum absolute atomic E-state index is 0.0142. The molecule has 0 bridgehead atoms. The summed E-state index contributed by atoms with van der Waals surface area (Å²) in [5.41, 5.74) is 4.18. The molecule has 2 aromatic rings. The second kappa shape index (κ2) is 7.51. The number of carboxylic acid groups (broad SMARTS) is 1. The fourth-order valence-corrected chi connectivity index (χ4v) is 3.36. The van der Waals surface area contributed by atoms with Gasteiger partial charge in [-0.05, 0) is 35.1 Å². The van der Waals surface area contributed by atoms with Crippen LogP contribution in [0, 0.1) is 0 Å². The zero-order valence-corrected chi connectivity index (χ0v) is 14.4. The highest BCUT2D eigenvalue weighted by atomic mass is 16.4. The highest BCUT2D eigenvalue weighted by molar-refractivity contribution is 5.81. The van der Waals surface area contributed by atoms with E-state index in [1.54, 1.807) is 4.90 Å². The van der Waals surface area contributed by atoms with E-state index in [2.05, 4.69) is 31.2 Å². The van der Waals surface area contributed by atoms with Crippen molar-refractivity contribution in [1.82, 2.24) is 4.90 Å². The Bertz CT molecular complexity index is 767. The van der Waals surface area contributed by atoms with Crippen LogP contribution >= 0.6 is 0 Å². The maximum Gasteiger partial charge on any atom is 0.312 e. The summed E-state index contributed by atoms with van der Waals surface area (Å²) in [6.07, 6.45) is 2.08. The fraction of sp³-hybridized carbons (Fsp3) is 0.333. The van der Waals surface area contributed by atoms with Gasteiger partial charge in [0, 0.05) is 19.5 Å². The smallest absolute Gasteiger partial charge is 0.312 e. The number of hydrogen-bond donors (Lipinski definition) is 1. The van der Waals surface area contributed by atoms with Crippen molar-refractivity contribution in [1.29, 1.82) is 0 Å². The number of carboxylic acids is 1. The first-order valence-corrected chi connectivity index (χ1v) is 8.74. The Balaban J connectivity index is 1.67. The van der Waals surface area contributed by atoms with Crippen LogP contribution in [-0.4, -0.2) is 28.4 Å². The predicted molar refractivity (Wildman–Crippen MR) is 96.4 cm³/mol. The molecule has 4 nitrogen and oxygen atoms in total. The lowest BCUT2D eigenvalue weighted by atomic mass is 9.89. The molecule has 3 rings (SSSR count). The standard InChI is InChI=1S/C21H23NO3/c1-2-15-7-9-16(10-8-15)11-12-20(23)22-13-17-5-3-4-6-18(17)19(14-22)21(24)25/h3-10,19H,2,11-14H2,1H3,(H,24,25). The van der Waals surface area contributed by atoms with E-state index in [0.29, 0.717) is 19.4 Å². The van der Waals surface area contributed by atoms with Crippen LogP contribution in [-0.2, 0) is 29.0 Å². The van der Waals surface area contributed by atoms with E-state index in [4.69, 9.17) is 0 Å². The van der Waals surface area contributed by atoms with Gasteiger partial charge >= 0.3 is 5.97 Å². The van der Waals surface area contributed by atoms with Gasteiger partial charge in [0.1, 0.15) is 0 Å². The Hall–Kier alpha value is -2.62. The fourth-order valence-electron chi connectivity index (χ4n) is 3.36. The number of nitrogens with zero attached hydrogens (tertiary/aromatic N) is 1. The zero-order valence-electron chi connectivity index (χ0n) is 14.4. The van der Waals surface area contributed by atoms with Crippen LogP contribution in [0.3, 0.4) is 0 Å². The molecule has 0 saturated carbocycles. The first-order chi connectivity index (χ1) is 12.1. The van der Waals surface area contributed by atoms with Gasteiger partial charge in [0.05, 0.1) is 5.92 Å². The molecule has 0 saturated heterocycles. The average molecular weight is 337 g/mol. The number of rotatable bonds is 5. The molecule has 4 heteroatoms. The minimum atomic E-state index is -0.875. The van der Waals surface area contributed by atoms with Crippen LogP contribution in [0.1, 0.15) is 41.5 Å². The van der Waals surface area contributed by atoms with Crippen LogP contribution in [0.15, 0.2) is 48.5 Å². The van der Waals surface area contributed by atoms with Gasteiger partial charge in [-0.15, -0.1) is 0 Å². The average Bonchev–Trinajstić information content (AvgIpc) is 2.65. The van der Waals surface area contributed by atoms with E-state index in [0.717, 1.165) is 23.1 Å². The van der Waals surface area contributed by atoms with Crippen LogP contribution in [0.25, 0.3) is 0 Å². The minimum Gasteiger partial charge on any atom is -0.481 e. The molecule has 1 aliphatic rings. The first-order valence-electron chi connectivity index (χ1n) is 8.74. The van der Waals surface area contributed by atoms with Crippen LogP contribution in [0.5, 0.6) is 0 Å². The molecular weight excluding hydrogens is 314 g/mol. The molecule has 1 amide bonds. The Morgan fingerprint density at radius 3 is 2.44 bits per heavy atom. The highest BCUT2D eigenvalue weighted by Gasteiger charge is 2.32. The van der Waals surface area contributed by atoms with Crippen molar-refractivity contribution < 1.29 is 14.7 Å². The third-order valence-corrected chi connectivity index (χ3v) is 4.90. The van der Waals surface area contributed by atoms with Gasteiger partial charge in [-0.2, -0.15) is 0 Å². The van der Waals surface area contributed by atoms with Gasteiger partial charge < -0.3 is 10.0 Å². The number of aliphatic carboxylic acids is 1. The molecule has 1 atom stereocenters. The molecule has 1 unspecified atom stereocenters. The number of hydrogen-bond acceptors (Lipinski definition) is 2. The van der Waals surface area contributed by atoms with Crippen molar-refractivity contribution in [2.75, 3.05) is 6.54 Å². The van der Waals surface area contributed by atoms with Crippen molar-refractivity contribution in [3.63, 3.8) is 0 Å². The summed E-state index contributed by atoms with van der Waals surface area (Å²) in [5.74, 6) is -1.50. The van der Waals surface area contributed by atoms with Crippen molar-refractivity contribution in [2.24, 2.45) is 0 Å². The monoisotopic (exact) mass is 337 g/mol. The van der Waals surface area contributed by atoms with E-state index < -0.39 is 11.9 Å². The van der Waals surface area contributed by atoms with E-state index in [1.165, 1.54) is 5.56 Å². The first kappa shape index (κ1) is 17.2. The molecule has 1 heterocycles. The lowest BCUT2D eigenvalue weighted by Gasteiger charge is -2.33. The summed E-state index contributed by atoms with van der Waals surface area (Å²) in [4.78, 5) is 25.9. The molecule has 25 heavy (non-hydrogen) atoms. The van der Waals surface area contributed by atoms with Gasteiger partial charge in [0.15, 0.2) is 0 Å². The Kier molecular flexibility index (Phi) is 5.17. The van der Waals surface area contributed by atoms with Gasteiger partial charge in [-0.1, -0.05) is 55.5 Å². The van der Waals surface area contributed by atoms with Crippen LogP contribution in [0.4, 0.5) is 0 Å². The topological polar surface area (TPSA) is 57.6 Å². The number of benzene rings is 2. The maximum absolute atomic E-state index is 12.6. The molecule has 0 radical (unpaired) electrons. The lowest BCUT2D eigenvalue weighted by Crippen LogP contribution is -2.40. The summed E-state index contributed by atoms with van der Waals surface area (Å²) in [7, 11) is 0. The van der Waals surface area contributed by atoms with E-state index in [9.17, 15) is 14.7 Å². The SMILES string of the molecule is CCc1ccc(CCC(=O)N2Cc3ccccc3C(C(=O)O)C2)cc1. The summed E-state index contributed by atoms with van der Waals surface area (Å²) >= 11 is 0. The van der Waals surface area contributed by atoms with Gasteiger partial charge in [0.2, 0.25) is 5.91 Å². The van der Waals surface area contributed by atoms with Gasteiger partial charge in [0.25, 0.3) is 0 Å². The Morgan fingerprint density at radius 2 is 1.76 bits per heavy atom. The maximum atomic E-state index is 12.6. The lowest BCUT2D eigenvalue weighted by molar-refractivity contribution is -0.141. The third-order valence-electron chi connectivity index (χ3n) is 4.90. The van der Waals surface area contributed by atoms with Crippen LogP contribution in [0.2, 0.25) is 0 Å². The summed E-state index contributed by atoms with van der Waals surface area (Å²) in [6, 6.07) is 15.8.